The first-order valence-corrected chi connectivity index (χ1v) is 5.63. The fraction of sp³-hybridized carbons (Fsp3) is 0.455. The first kappa shape index (κ1) is 12.3. The summed E-state index contributed by atoms with van der Waals surface area (Å²) in [6.07, 6.45) is 3.61. The Morgan fingerprint density at radius 3 is 3.17 bits per heavy atom. The number of fused-ring (bicyclic) bond motifs is 1. The molecule has 7 nitrogen and oxygen atoms in total. The van der Waals surface area contributed by atoms with E-state index < -0.39 is 0 Å². The van der Waals surface area contributed by atoms with Gasteiger partial charge in [0.2, 0.25) is 0 Å². The van der Waals surface area contributed by atoms with Crippen LogP contribution in [0.4, 0.5) is 5.82 Å². The Morgan fingerprint density at radius 1 is 1.50 bits per heavy atom. The molecular formula is C11H14N6O. The van der Waals surface area contributed by atoms with Gasteiger partial charge >= 0.3 is 0 Å². The number of aromatic nitrogens is 4. The second-order valence-electron chi connectivity index (χ2n) is 3.65. The van der Waals surface area contributed by atoms with E-state index in [0.29, 0.717) is 26.1 Å². The summed E-state index contributed by atoms with van der Waals surface area (Å²) in [5.74, 6) is 0.736. The highest BCUT2D eigenvalue weighted by atomic mass is 16.5. The van der Waals surface area contributed by atoms with Crippen molar-refractivity contribution in [2.75, 3.05) is 25.6 Å². The molecule has 0 radical (unpaired) electrons. The largest absolute Gasteiger partial charge is 0.383 e. The van der Waals surface area contributed by atoms with Crippen LogP contribution in [-0.4, -0.2) is 40.0 Å². The summed E-state index contributed by atoms with van der Waals surface area (Å²) in [7, 11) is 1.65. The standard InChI is InChI=1S/C11H14N6O/c1-18-6-4-13-10-9-7-16-17(5-2-3-12)11(9)15-8-14-10/h7-8H,2,4-6H2,1H3,(H,13,14,15). The normalized spacial score (nSPS) is 10.4. The smallest absolute Gasteiger partial charge is 0.163 e. The third-order valence-electron chi connectivity index (χ3n) is 2.47. The molecule has 0 aliphatic rings. The van der Waals surface area contributed by atoms with Gasteiger partial charge in [0.05, 0.1) is 37.2 Å². The Balaban J connectivity index is 2.22. The van der Waals surface area contributed by atoms with E-state index in [2.05, 4.69) is 26.5 Å². The zero-order valence-corrected chi connectivity index (χ0v) is 10.1. The molecular weight excluding hydrogens is 232 g/mol. The van der Waals surface area contributed by atoms with Crippen LogP contribution in [0.2, 0.25) is 0 Å². The lowest BCUT2D eigenvalue weighted by Crippen LogP contribution is -2.09. The van der Waals surface area contributed by atoms with Gasteiger partial charge in [-0.2, -0.15) is 10.4 Å². The molecule has 0 unspecified atom stereocenters. The molecule has 0 saturated heterocycles. The summed E-state index contributed by atoms with van der Waals surface area (Å²) in [6.45, 7) is 1.81. The summed E-state index contributed by atoms with van der Waals surface area (Å²) in [5, 5.41) is 16.8. The van der Waals surface area contributed by atoms with Crippen LogP contribution in [0.3, 0.4) is 0 Å². The summed E-state index contributed by atoms with van der Waals surface area (Å²) < 4.78 is 6.68. The van der Waals surface area contributed by atoms with Gasteiger partial charge in [-0.05, 0) is 0 Å². The van der Waals surface area contributed by atoms with E-state index in [1.807, 2.05) is 0 Å². The molecule has 0 amide bonds. The Labute approximate surface area is 104 Å². The summed E-state index contributed by atoms with van der Waals surface area (Å²) in [6, 6.07) is 2.09. The zero-order valence-electron chi connectivity index (χ0n) is 10.1. The third kappa shape index (κ3) is 2.55. The molecule has 0 bridgehead atoms. The number of aryl methyl sites for hydroxylation is 1. The molecule has 94 valence electrons. The average molecular weight is 246 g/mol. The van der Waals surface area contributed by atoms with Crippen molar-refractivity contribution in [2.45, 2.75) is 13.0 Å². The molecule has 0 aliphatic carbocycles. The highest BCUT2D eigenvalue weighted by Crippen LogP contribution is 2.18. The second-order valence-corrected chi connectivity index (χ2v) is 3.65. The zero-order chi connectivity index (χ0) is 12.8. The van der Waals surface area contributed by atoms with Gasteiger partial charge in [-0.15, -0.1) is 0 Å². The molecule has 2 aromatic heterocycles. The minimum atomic E-state index is 0.410. The van der Waals surface area contributed by atoms with E-state index in [0.717, 1.165) is 16.9 Å². The number of nitrogens with zero attached hydrogens (tertiary/aromatic N) is 5. The van der Waals surface area contributed by atoms with Gasteiger partial charge in [-0.3, -0.25) is 0 Å². The average Bonchev–Trinajstić information content (AvgIpc) is 2.81. The number of nitrogens with one attached hydrogen (secondary N) is 1. The van der Waals surface area contributed by atoms with Gasteiger partial charge in [0.15, 0.2) is 5.65 Å². The number of rotatable bonds is 6. The van der Waals surface area contributed by atoms with E-state index >= 15 is 0 Å². The molecule has 18 heavy (non-hydrogen) atoms. The molecule has 7 heteroatoms. The maximum absolute atomic E-state index is 8.58. The lowest BCUT2D eigenvalue weighted by atomic mass is 10.4. The lowest BCUT2D eigenvalue weighted by molar-refractivity contribution is 0.210. The Hall–Kier alpha value is -2.20. The molecule has 2 rings (SSSR count). The first-order chi connectivity index (χ1) is 8.86. The van der Waals surface area contributed by atoms with Crippen LogP contribution < -0.4 is 5.32 Å². The maximum Gasteiger partial charge on any atom is 0.163 e. The molecule has 0 fully saturated rings. The molecule has 0 aliphatic heterocycles. The van der Waals surface area contributed by atoms with Crippen LogP contribution in [0, 0.1) is 11.3 Å². The van der Waals surface area contributed by atoms with E-state index in [1.165, 1.54) is 6.33 Å². The highest BCUT2D eigenvalue weighted by molar-refractivity contribution is 5.85. The SMILES string of the molecule is COCCNc1ncnc2c1cnn2CCC#N. The number of hydrogen-bond donors (Lipinski definition) is 1. The summed E-state index contributed by atoms with van der Waals surface area (Å²) in [5.41, 5.74) is 0.736. The van der Waals surface area contributed by atoms with Crippen molar-refractivity contribution in [1.82, 2.24) is 19.7 Å². The topological polar surface area (TPSA) is 88.7 Å². The van der Waals surface area contributed by atoms with Crippen LogP contribution in [0.1, 0.15) is 6.42 Å². The molecule has 1 N–H and O–H groups in total. The van der Waals surface area contributed by atoms with Crippen molar-refractivity contribution < 1.29 is 4.74 Å². The minimum absolute atomic E-state index is 0.410. The van der Waals surface area contributed by atoms with Crippen molar-refractivity contribution in [3.05, 3.63) is 12.5 Å². The second kappa shape index (κ2) is 5.93. The van der Waals surface area contributed by atoms with Crippen LogP contribution in [0.25, 0.3) is 11.0 Å². The molecule has 0 aromatic carbocycles. The van der Waals surface area contributed by atoms with Gasteiger partial charge in [-0.1, -0.05) is 0 Å². The van der Waals surface area contributed by atoms with Crippen LogP contribution in [0.15, 0.2) is 12.5 Å². The van der Waals surface area contributed by atoms with Gasteiger partial charge in [-0.25, -0.2) is 14.6 Å². The predicted molar refractivity (Wildman–Crippen MR) is 65.9 cm³/mol. The summed E-state index contributed by atoms with van der Waals surface area (Å²) in [4.78, 5) is 8.37. The number of hydrogen-bond acceptors (Lipinski definition) is 6. The van der Waals surface area contributed by atoms with Gasteiger partial charge in [0, 0.05) is 13.7 Å². The molecule has 0 spiro atoms. The maximum atomic E-state index is 8.58. The van der Waals surface area contributed by atoms with Crippen molar-refractivity contribution in [3.63, 3.8) is 0 Å². The number of ether oxygens (including phenoxy) is 1. The lowest BCUT2D eigenvalue weighted by Gasteiger charge is -2.05. The molecule has 0 saturated carbocycles. The monoisotopic (exact) mass is 246 g/mol. The third-order valence-corrected chi connectivity index (χ3v) is 2.47. The van der Waals surface area contributed by atoms with Gasteiger partial charge in [0.1, 0.15) is 12.1 Å². The van der Waals surface area contributed by atoms with Crippen LogP contribution in [-0.2, 0) is 11.3 Å². The first-order valence-electron chi connectivity index (χ1n) is 5.63. The molecule has 2 heterocycles. The Bertz CT molecular complexity index is 558. The van der Waals surface area contributed by atoms with Gasteiger partial charge < -0.3 is 10.1 Å². The summed E-state index contributed by atoms with van der Waals surface area (Å²) >= 11 is 0. The molecule has 2 aromatic rings. The Morgan fingerprint density at radius 2 is 2.39 bits per heavy atom. The van der Waals surface area contributed by atoms with E-state index in [-0.39, 0.29) is 0 Å². The quantitative estimate of drug-likeness (QED) is 0.758. The van der Waals surface area contributed by atoms with Crippen LogP contribution in [0.5, 0.6) is 0 Å². The fourth-order valence-corrected chi connectivity index (χ4v) is 1.62. The number of anilines is 1. The predicted octanol–water partition coefficient (Wildman–Crippen LogP) is 0.798. The highest BCUT2D eigenvalue weighted by Gasteiger charge is 2.08. The Kier molecular flexibility index (Phi) is 4.04. The van der Waals surface area contributed by atoms with Crippen molar-refractivity contribution in [2.24, 2.45) is 0 Å². The van der Waals surface area contributed by atoms with Crippen LogP contribution >= 0.6 is 0 Å². The minimum Gasteiger partial charge on any atom is -0.383 e. The van der Waals surface area contributed by atoms with E-state index in [1.54, 1.807) is 18.0 Å². The van der Waals surface area contributed by atoms with Crippen molar-refractivity contribution in [3.8, 4) is 6.07 Å². The van der Waals surface area contributed by atoms with Gasteiger partial charge in [0.25, 0.3) is 0 Å². The number of nitriles is 1. The van der Waals surface area contributed by atoms with E-state index in [4.69, 9.17) is 10.00 Å². The van der Waals surface area contributed by atoms with Crippen molar-refractivity contribution >= 4 is 16.9 Å². The fourth-order valence-electron chi connectivity index (χ4n) is 1.62. The van der Waals surface area contributed by atoms with E-state index in [9.17, 15) is 0 Å². The number of methoxy groups -OCH3 is 1. The molecule has 0 atom stereocenters. The van der Waals surface area contributed by atoms with Crippen molar-refractivity contribution in [1.29, 1.82) is 5.26 Å².